The predicted octanol–water partition coefficient (Wildman–Crippen LogP) is 3.90. The number of hydrogen-bond donors (Lipinski definition) is 2. The van der Waals surface area contributed by atoms with Crippen molar-refractivity contribution < 1.29 is 19.1 Å². The van der Waals surface area contributed by atoms with E-state index in [1.165, 1.54) is 0 Å². The second-order valence-corrected chi connectivity index (χ2v) is 8.16. The average molecular weight is 458 g/mol. The molecule has 174 valence electrons. The molecule has 1 saturated heterocycles. The molecule has 7 heteroatoms. The zero-order chi connectivity index (χ0) is 23.8. The van der Waals surface area contributed by atoms with Crippen LogP contribution in [0.15, 0.2) is 78.9 Å². The number of anilines is 1. The van der Waals surface area contributed by atoms with Crippen molar-refractivity contribution in [2.24, 2.45) is 0 Å². The number of rotatable bonds is 7. The van der Waals surface area contributed by atoms with Gasteiger partial charge in [0.1, 0.15) is 11.5 Å². The minimum absolute atomic E-state index is 0.119. The molecule has 3 amide bonds. The molecule has 3 aromatic carbocycles. The zero-order valence-electron chi connectivity index (χ0n) is 18.8. The molecule has 7 nitrogen and oxygen atoms in total. The van der Waals surface area contributed by atoms with Crippen molar-refractivity contribution in [1.29, 1.82) is 0 Å². The van der Waals surface area contributed by atoms with Crippen molar-refractivity contribution >= 4 is 23.4 Å². The van der Waals surface area contributed by atoms with Crippen molar-refractivity contribution in [3.05, 3.63) is 90.0 Å². The van der Waals surface area contributed by atoms with Crippen LogP contribution < -0.4 is 15.4 Å². The van der Waals surface area contributed by atoms with Gasteiger partial charge in [-0.1, -0.05) is 42.5 Å². The number of ether oxygens (including phenoxy) is 1. The fourth-order valence-corrected chi connectivity index (χ4v) is 3.71. The molecule has 0 aliphatic carbocycles. The number of amides is 3. The monoisotopic (exact) mass is 457 g/mol. The highest BCUT2D eigenvalue weighted by Crippen LogP contribution is 2.21. The molecule has 0 aromatic heterocycles. The second kappa shape index (κ2) is 11.1. The van der Waals surface area contributed by atoms with E-state index in [0.29, 0.717) is 17.9 Å². The molecule has 34 heavy (non-hydrogen) atoms. The summed E-state index contributed by atoms with van der Waals surface area (Å²) in [5, 5.41) is 5.20. The summed E-state index contributed by atoms with van der Waals surface area (Å²) in [7, 11) is 0. The summed E-state index contributed by atoms with van der Waals surface area (Å²) in [4.78, 5) is 38.5. The van der Waals surface area contributed by atoms with Crippen LogP contribution in [-0.2, 0) is 27.3 Å². The van der Waals surface area contributed by atoms with Crippen molar-refractivity contribution in [2.45, 2.75) is 25.8 Å². The highest BCUT2D eigenvalue weighted by Gasteiger charge is 2.18. The molecule has 0 saturated carbocycles. The lowest BCUT2D eigenvalue weighted by molar-refractivity contribution is -0.136. The fourth-order valence-electron chi connectivity index (χ4n) is 3.71. The molecule has 1 heterocycles. The number of nitrogens with zero attached hydrogens (tertiary/aromatic N) is 1. The van der Waals surface area contributed by atoms with Crippen LogP contribution in [-0.4, -0.2) is 35.7 Å². The first-order valence-electron chi connectivity index (χ1n) is 11.3. The largest absolute Gasteiger partial charge is 0.457 e. The molecule has 1 aliphatic heterocycles. The van der Waals surface area contributed by atoms with Gasteiger partial charge in [-0.05, 0) is 60.4 Å². The van der Waals surface area contributed by atoms with Crippen molar-refractivity contribution in [3.8, 4) is 11.5 Å². The van der Waals surface area contributed by atoms with Gasteiger partial charge in [-0.25, -0.2) is 0 Å². The molecule has 1 fully saturated rings. The first-order chi connectivity index (χ1) is 16.6. The first kappa shape index (κ1) is 23.0. The van der Waals surface area contributed by atoms with Gasteiger partial charge in [-0.2, -0.15) is 0 Å². The zero-order valence-corrected chi connectivity index (χ0v) is 18.8. The summed E-state index contributed by atoms with van der Waals surface area (Å²) >= 11 is 0. The quantitative estimate of drug-likeness (QED) is 0.527. The van der Waals surface area contributed by atoms with E-state index in [9.17, 15) is 14.4 Å². The van der Waals surface area contributed by atoms with Gasteiger partial charge in [-0.15, -0.1) is 0 Å². The van der Waals surface area contributed by atoms with Gasteiger partial charge in [0.25, 0.3) is 0 Å². The van der Waals surface area contributed by atoms with E-state index >= 15 is 0 Å². The van der Waals surface area contributed by atoms with E-state index in [-0.39, 0.29) is 12.5 Å². The summed E-state index contributed by atoms with van der Waals surface area (Å²) in [5.74, 6) is 0.0761. The summed E-state index contributed by atoms with van der Waals surface area (Å²) in [5.41, 5.74) is 2.22. The van der Waals surface area contributed by atoms with Crippen LogP contribution in [0.25, 0.3) is 0 Å². The molecule has 0 radical (unpaired) electrons. The SMILES string of the molecule is O=C(NCc1ccc(Oc2ccccc2)cc1)C(=O)Nc1ccc(CC(=O)N2CCCC2)cc1. The Kier molecular flexibility index (Phi) is 7.55. The highest BCUT2D eigenvalue weighted by molar-refractivity contribution is 6.39. The summed E-state index contributed by atoms with van der Waals surface area (Å²) in [6.07, 6.45) is 2.46. The Balaban J connectivity index is 1.22. The van der Waals surface area contributed by atoms with Crippen LogP contribution in [0, 0.1) is 0 Å². The Morgan fingerprint density at radius 3 is 2.03 bits per heavy atom. The van der Waals surface area contributed by atoms with Gasteiger partial charge in [0.2, 0.25) is 5.91 Å². The third kappa shape index (κ3) is 6.45. The lowest BCUT2D eigenvalue weighted by Crippen LogP contribution is -2.34. The van der Waals surface area contributed by atoms with E-state index < -0.39 is 11.8 Å². The molecule has 0 bridgehead atoms. The second-order valence-electron chi connectivity index (χ2n) is 8.16. The molecule has 0 spiro atoms. The van der Waals surface area contributed by atoms with Crippen LogP contribution in [0.1, 0.15) is 24.0 Å². The summed E-state index contributed by atoms with van der Waals surface area (Å²) in [6.45, 7) is 1.87. The fraction of sp³-hybridized carbons (Fsp3) is 0.222. The smallest absolute Gasteiger partial charge is 0.313 e. The normalized spacial score (nSPS) is 12.8. The lowest BCUT2D eigenvalue weighted by Gasteiger charge is -2.15. The number of carbonyl (C=O) groups excluding carboxylic acids is 3. The standard InChI is InChI=1S/C27H27N3O4/c31-25(30-16-4-5-17-30)18-20-8-12-22(13-9-20)29-27(33)26(32)28-19-21-10-14-24(15-11-21)34-23-6-2-1-3-7-23/h1-3,6-15H,4-5,16-19H2,(H,28,32)(H,29,33). The Labute approximate surface area is 198 Å². The maximum atomic E-state index is 12.3. The Hall–Kier alpha value is -4.13. The molecule has 0 atom stereocenters. The minimum atomic E-state index is -0.745. The van der Waals surface area contributed by atoms with Crippen LogP contribution in [0.3, 0.4) is 0 Å². The molecule has 0 unspecified atom stereocenters. The van der Waals surface area contributed by atoms with E-state index in [2.05, 4.69) is 10.6 Å². The van der Waals surface area contributed by atoms with Gasteiger partial charge in [0.05, 0.1) is 6.42 Å². The van der Waals surface area contributed by atoms with Crippen molar-refractivity contribution in [3.63, 3.8) is 0 Å². The first-order valence-corrected chi connectivity index (χ1v) is 11.3. The lowest BCUT2D eigenvalue weighted by atomic mass is 10.1. The average Bonchev–Trinajstić information content (AvgIpc) is 3.41. The van der Waals surface area contributed by atoms with Crippen molar-refractivity contribution in [2.75, 3.05) is 18.4 Å². The molecular formula is C27H27N3O4. The van der Waals surface area contributed by atoms with E-state index in [0.717, 1.165) is 42.8 Å². The number of nitrogens with one attached hydrogen (secondary N) is 2. The number of para-hydroxylation sites is 1. The Morgan fingerprint density at radius 2 is 1.35 bits per heavy atom. The van der Waals surface area contributed by atoms with Crippen molar-refractivity contribution in [1.82, 2.24) is 10.2 Å². The third-order valence-electron chi connectivity index (χ3n) is 5.59. The maximum absolute atomic E-state index is 12.3. The number of hydrogen-bond acceptors (Lipinski definition) is 4. The van der Waals surface area contributed by atoms with Crippen LogP contribution >= 0.6 is 0 Å². The molecule has 3 aromatic rings. The van der Waals surface area contributed by atoms with E-state index in [1.807, 2.05) is 59.5 Å². The van der Waals surface area contributed by atoms with Gasteiger partial charge >= 0.3 is 11.8 Å². The third-order valence-corrected chi connectivity index (χ3v) is 5.59. The van der Waals surface area contributed by atoms with E-state index in [1.54, 1.807) is 24.3 Å². The van der Waals surface area contributed by atoms with Crippen LogP contribution in [0.5, 0.6) is 11.5 Å². The highest BCUT2D eigenvalue weighted by atomic mass is 16.5. The van der Waals surface area contributed by atoms with Crippen LogP contribution in [0.2, 0.25) is 0 Å². The number of carbonyl (C=O) groups is 3. The molecule has 4 rings (SSSR count). The Bertz CT molecular complexity index is 1120. The molecular weight excluding hydrogens is 430 g/mol. The summed E-state index contributed by atoms with van der Waals surface area (Å²) < 4.78 is 5.75. The van der Waals surface area contributed by atoms with Gasteiger partial charge < -0.3 is 20.3 Å². The summed E-state index contributed by atoms with van der Waals surface area (Å²) in [6, 6.07) is 23.7. The van der Waals surface area contributed by atoms with Gasteiger partial charge in [-0.3, -0.25) is 14.4 Å². The van der Waals surface area contributed by atoms with E-state index in [4.69, 9.17) is 4.74 Å². The minimum Gasteiger partial charge on any atom is -0.457 e. The topological polar surface area (TPSA) is 87.7 Å². The molecule has 2 N–H and O–H groups in total. The predicted molar refractivity (Wildman–Crippen MR) is 129 cm³/mol. The van der Waals surface area contributed by atoms with Gasteiger partial charge in [0, 0.05) is 25.3 Å². The van der Waals surface area contributed by atoms with Gasteiger partial charge in [0.15, 0.2) is 0 Å². The van der Waals surface area contributed by atoms with Crippen LogP contribution in [0.4, 0.5) is 5.69 Å². The number of likely N-dealkylation sites (tertiary alicyclic amines) is 1. The maximum Gasteiger partial charge on any atom is 0.313 e. The molecule has 1 aliphatic rings. The Morgan fingerprint density at radius 1 is 0.735 bits per heavy atom. The number of benzene rings is 3.